The monoisotopic (exact) mass is 391 g/mol. The zero-order chi connectivity index (χ0) is 17.7. The van der Waals surface area contributed by atoms with Gasteiger partial charge in [-0.2, -0.15) is 5.10 Å². The first-order valence-corrected chi connectivity index (χ1v) is 7.64. The van der Waals surface area contributed by atoms with Crippen LogP contribution in [0.1, 0.15) is 22.8 Å². The van der Waals surface area contributed by atoms with Crippen molar-refractivity contribution in [2.75, 3.05) is 7.11 Å². The largest absolute Gasteiger partial charge is 0.496 e. The Morgan fingerprint density at radius 2 is 1.83 bits per heavy atom. The highest BCUT2D eigenvalue weighted by Gasteiger charge is 2.09. The number of ether oxygens (including phenoxy) is 1. The lowest BCUT2D eigenvalue weighted by Gasteiger charge is -2.06. The molecule has 0 atom stereocenters. The van der Waals surface area contributed by atoms with Crippen LogP contribution in [0.3, 0.4) is 0 Å². The summed E-state index contributed by atoms with van der Waals surface area (Å²) in [7, 11) is 1.57. The number of methoxy groups -OCH3 is 1. The van der Waals surface area contributed by atoms with Gasteiger partial charge in [0.05, 0.1) is 22.2 Å². The van der Waals surface area contributed by atoms with E-state index in [4.69, 9.17) is 4.74 Å². The van der Waals surface area contributed by atoms with E-state index in [2.05, 4.69) is 26.5 Å². The first kappa shape index (κ1) is 17.6. The van der Waals surface area contributed by atoms with E-state index in [9.17, 15) is 14.9 Å². The van der Waals surface area contributed by atoms with Gasteiger partial charge in [-0.25, -0.2) is 5.43 Å². The summed E-state index contributed by atoms with van der Waals surface area (Å²) in [6.07, 6.45) is 0. The molecular weight excluding hydrogens is 378 g/mol. The van der Waals surface area contributed by atoms with Gasteiger partial charge < -0.3 is 4.74 Å². The first-order valence-electron chi connectivity index (χ1n) is 6.85. The van der Waals surface area contributed by atoms with Crippen LogP contribution in [0.4, 0.5) is 5.69 Å². The van der Waals surface area contributed by atoms with E-state index < -0.39 is 10.8 Å². The van der Waals surface area contributed by atoms with E-state index in [1.165, 1.54) is 24.3 Å². The normalized spacial score (nSPS) is 11.0. The predicted octanol–water partition coefficient (Wildman–Crippen LogP) is 3.52. The number of amides is 1. The van der Waals surface area contributed by atoms with Gasteiger partial charge in [0.2, 0.25) is 0 Å². The molecule has 1 N–H and O–H groups in total. The molecule has 2 aromatic rings. The Morgan fingerprint density at radius 3 is 2.38 bits per heavy atom. The number of halogens is 1. The summed E-state index contributed by atoms with van der Waals surface area (Å²) in [5.41, 5.74) is 4.05. The van der Waals surface area contributed by atoms with Gasteiger partial charge in [0.1, 0.15) is 5.75 Å². The fourth-order valence-corrected chi connectivity index (χ4v) is 2.43. The Morgan fingerprint density at radius 1 is 1.21 bits per heavy atom. The van der Waals surface area contributed by atoms with Gasteiger partial charge >= 0.3 is 0 Å². The Labute approximate surface area is 146 Å². The molecule has 1 amide bonds. The second-order valence-electron chi connectivity index (χ2n) is 4.79. The quantitative estimate of drug-likeness (QED) is 0.479. The van der Waals surface area contributed by atoms with Gasteiger partial charge in [-0.1, -0.05) is 0 Å². The predicted molar refractivity (Wildman–Crippen MR) is 93.5 cm³/mol. The van der Waals surface area contributed by atoms with E-state index in [0.717, 1.165) is 10.0 Å². The molecular formula is C16H14BrN3O4. The lowest BCUT2D eigenvalue weighted by Crippen LogP contribution is -2.19. The number of nitrogens with one attached hydrogen (secondary N) is 1. The Bertz CT molecular complexity index is 803. The molecule has 24 heavy (non-hydrogen) atoms. The van der Waals surface area contributed by atoms with Crippen molar-refractivity contribution in [3.05, 3.63) is 68.2 Å². The number of hydrogen-bond acceptors (Lipinski definition) is 5. The van der Waals surface area contributed by atoms with E-state index in [0.29, 0.717) is 11.5 Å². The number of hydrazone groups is 1. The summed E-state index contributed by atoms with van der Waals surface area (Å²) in [4.78, 5) is 22.1. The minimum Gasteiger partial charge on any atom is -0.496 e. The topological polar surface area (TPSA) is 93.8 Å². The minimum atomic E-state index is -0.522. The summed E-state index contributed by atoms with van der Waals surface area (Å²) in [6.45, 7) is 1.75. The third-order valence-electron chi connectivity index (χ3n) is 3.24. The summed E-state index contributed by atoms with van der Waals surface area (Å²) in [5, 5.41) is 14.6. The first-order chi connectivity index (χ1) is 11.4. The number of benzene rings is 2. The van der Waals surface area contributed by atoms with Crippen LogP contribution < -0.4 is 10.2 Å². The molecule has 0 bridgehead atoms. The molecule has 0 fully saturated rings. The minimum absolute atomic E-state index is 0.0747. The van der Waals surface area contributed by atoms with Crippen LogP contribution in [0.5, 0.6) is 5.75 Å². The number of nitro groups is 1. The molecule has 0 aliphatic carbocycles. The molecule has 0 radical (unpaired) electrons. The summed E-state index contributed by atoms with van der Waals surface area (Å²) >= 11 is 3.39. The standard InChI is InChI=1S/C16H14BrN3O4/c1-10(12-5-8-15(24-2)14(17)9-12)18-19-16(21)11-3-6-13(7-4-11)20(22)23/h3-9H,1-2H3,(H,19,21)/b18-10-. The smallest absolute Gasteiger partial charge is 0.271 e. The molecule has 124 valence electrons. The zero-order valence-electron chi connectivity index (χ0n) is 12.9. The van der Waals surface area contributed by atoms with Gasteiger partial charge in [0.15, 0.2) is 0 Å². The molecule has 0 saturated carbocycles. The van der Waals surface area contributed by atoms with E-state index in [1.54, 1.807) is 20.1 Å². The second-order valence-corrected chi connectivity index (χ2v) is 5.65. The lowest BCUT2D eigenvalue weighted by atomic mass is 10.1. The van der Waals surface area contributed by atoms with E-state index in [1.807, 2.05) is 12.1 Å². The van der Waals surface area contributed by atoms with Crippen LogP contribution in [0.15, 0.2) is 52.0 Å². The van der Waals surface area contributed by atoms with E-state index >= 15 is 0 Å². The highest BCUT2D eigenvalue weighted by Crippen LogP contribution is 2.25. The number of nitro benzene ring substituents is 1. The Hall–Kier alpha value is -2.74. The maximum atomic E-state index is 12.0. The maximum Gasteiger partial charge on any atom is 0.271 e. The Balaban J connectivity index is 2.10. The molecule has 0 aromatic heterocycles. The van der Waals surface area contributed by atoms with Crippen molar-refractivity contribution in [1.29, 1.82) is 0 Å². The number of carbonyl (C=O) groups is 1. The molecule has 2 rings (SSSR count). The van der Waals surface area contributed by atoms with Gasteiger partial charge in [0.25, 0.3) is 11.6 Å². The van der Waals surface area contributed by atoms with Crippen LogP contribution in [0.25, 0.3) is 0 Å². The van der Waals surface area contributed by atoms with Crippen molar-refractivity contribution in [3.8, 4) is 5.75 Å². The maximum absolute atomic E-state index is 12.0. The molecule has 0 aliphatic rings. The van der Waals surface area contributed by atoms with Crippen molar-refractivity contribution >= 4 is 33.2 Å². The van der Waals surface area contributed by atoms with Gasteiger partial charge in [-0.05, 0) is 58.7 Å². The second kappa shape index (κ2) is 7.69. The SMILES string of the molecule is COc1ccc(/C(C)=N\NC(=O)c2ccc([N+](=O)[O-])cc2)cc1Br. The van der Waals surface area contributed by atoms with Crippen LogP contribution in [0.2, 0.25) is 0 Å². The van der Waals surface area contributed by atoms with Crippen molar-refractivity contribution in [2.45, 2.75) is 6.92 Å². The molecule has 0 spiro atoms. The van der Waals surface area contributed by atoms with Crippen molar-refractivity contribution in [2.24, 2.45) is 5.10 Å². The fraction of sp³-hybridized carbons (Fsp3) is 0.125. The van der Waals surface area contributed by atoms with Gasteiger partial charge in [-0.3, -0.25) is 14.9 Å². The third kappa shape index (κ3) is 4.17. The summed E-state index contributed by atoms with van der Waals surface area (Å²) in [6, 6.07) is 10.7. The average molecular weight is 392 g/mol. The molecule has 2 aromatic carbocycles. The molecule has 7 nitrogen and oxygen atoms in total. The lowest BCUT2D eigenvalue weighted by molar-refractivity contribution is -0.384. The fourth-order valence-electron chi connectivity index (χ4n) is 1.89. The summed E-state index contributed by atoms with van der Waals surface area (Å²) in [5.74, 6) is 0.248. The Kier molecular flexibility index (Phi) is 5.64. The van der Waals surface area contributed by atoms with Crippen molar-refractivity contribution in [3.63, 3.8) is 0 Å². The molecule has 0 saturated heterocycles. The number of nitrogens with zero attached hydrogens (tertiary/aromatic N) is 2. The average Bonchev–Trinajstić information content (AvgIpc) is 2.59. The van der Waals surface area contributed by atoms with Gasteiger partial charge in [-0.15, -0.1) is 0 Å². The van der Waals surface area contributed by atoms with Crippen LogP contribution in [0, 0.1) is 10.1 Å². The van der Waals surface area contributed by atoms with Crippen LogP contribution >= 0.6 is 15.9 Å². The molecule has 0 heterocycles. The molecule has 8 heteroatoms. The molecule has 0 unspecified atom stereocenters. The number of rotatable bonds is 5. The summed E-state index contributed by atoms with van der Waals surface area (Å²) < 4.78 is 5.93. The van der Waals surface area contributed by atoms with Gasteiger partial charge in [0, 0.05) is 17.7 Å². The van der Waals surface area contributed by atoms with Crippen LogP contribution in [-0.2, 0) is 0 Å². The van der Waals surface area contributed by atoms with E-state index in [-0.39, 0.29) is 11.3 Å². The van der Waals surface area contributed by atoms with Crippen molar-refractivity contribution in [1.82, 2.24) is 5.43 Å². The van der Waals surface area contributed by atoms with Crippen LogP contribution in [-0.4, -0.2) is 23.7 Å². The number of hydrogen-bond donors (Lipinski definition) is 1. The molecule has 0 aliphatic heterocycles. The highest BCUT2D eigenvalue weighted by molar-refractivity contribution is 9.10. The van der Waals surface area contributed by atoms with Crippen molar-refractivity contribution < 1.29 is 14.5 Å². The number of non-ortho nitro benzene ring substituents is 1. The number of carbonyl (C=O) groups excluding carboxylic acids is 1. The highest BCUT2D eigenvalue weighted by atomic mass is 79.9. The zero-order valence-corrected chi connectivity index (χ0v) is 14.5. The third-order valence-corrected chi connectivity index (χ3v) is 3.85.